The lowest BCUT2D eigenvalue weighted by Gasteiger charge is -2.22. The molecule has 21 heavy (non-hydrogen) atoms. The summed E-state index contributed by atoms with van der Waals surface area (Å²) >= 11 is 1.39. The van der Waals surface area contributed by atoms with Gasteiger partial charge in [-0.1, -0.05) is 0 Å². The topological polar surface area (TPSA) is 79.5 Å². The van der Waals surface area contributed by atoms with Crippen LogP contribution in [0.15, 0.2) is 18.5 Å². The van der Waals surface area contributed by atoms with Crippen LogP contribution < -0.4 is 5.73 Å². The molecule has 0 radical (unpaired) electrons. The molecule has 1 aliphatic heterocycles. The highest BCUT2D eigenvalue weighted by Crippen LogP contribution is 2.34. The van der Waals surface area contributed by atoms with Crippen molar-refractivity contribution in [3.63, 3.8) is 0 Å². The Labute approximate surface area is 127 Å². The van der Waals surface area contributed by atoms with Gasteiger partial charge < -0.3 is 15.7 Å². The molecule has 0 bridgehead atoms. The van der Waals surface area contributed by atoms with E-state index >= 15 is 0 Å². The fraction of sp³-hybridized carbons (Fsp3) is 0.467. The van der Waals surface area contributed by atoms with E-state index in [2.05, 4.69) is 4.98 Å². The molecule has 2 aromatic rings. The quantitative estimate of drug-likeness (QED) is 0.847. The average Bonchev–Trinajstić information content (AvgIpc) is 2.67. The van der Waals surface area contributed by atoms with Crippen LogP contribution in [0.1, 0.15) is 35.9 Å². The number of anilines is 1. The molecule has 6 heteroatoms. The standard InChI is InChI=1S/C15H19N3O2S/c1-15(20)4-2-7-18(8-5-15)14(19)13-12(16)10-3-6-17-9-11(10)21-13/h3,6,9,20H,2,4-5,7-8,16H2,1H3. The summed E-state index contributed by atoms with van der Waals surface area (Å²) in [7, 11) is 0. The van der Waals surface area contributed by atoms with Gasteiger partial charge in [-0.3, -0.25) is 9.78 Å². The highest BCUT2D eigenvalue weighted by molar-refractivity contribution is 7.21. The molecule has 1 saturated heterocycles. The number of aromatic nitrogens is 1. The molecular formula is C15H19N3O2S. The maximum atomic E-state index is 12.7. The number of fused-ring (bicyclic) bond motifs is 1. The van der Waals surface area contributed by atoms with Crippen molar-refractivity contribution in [2.45, 2.75) is 31.8 Å². The van der Waals surface area contributed by atoms with Gasteiger partial charge in [-0.15, -0.1) is 11.3 Å². The van der Waals surface area contributed by atoms with Gasteiger partial charge in [-0.25, -0.2) is 0 Å². The third-order valence-corrected chi connectivity index (χ3v) is 5.22. The van der Waals surface area contributed by atoms with E-state index in [0.717, 1.165) is 22.9 Å². The van der Waals surface area contributed by atoms with Gasteiger partial charge >= 0.3 is 0 Å². The number of hydrogen-bond donors (Lipinski definition) is 2. The highest BCUT2D eigenvalue weighted by atomic mass is 32.1. The first-order valence-corrected chi connectivity index (χ1v) is 7.93. The van der Waals surface area contributed by atoms with Gasteiger partial charge in [0.05, 0.1) is 16.0 Å². The van der Waals surface area contributed by atoms with Gasteiger partial charge in [-0.2, -0.15) is 0 Å². The SMILES string of the molecule is CC1(O)CCCN(C(=O)c2sc3cnccc3c2N)CC1. The molecule has 5 nitrogen and oxygen atoms in total. The number of aliphatic hydroxyl groups is 1. The fourth-order valence-electron chi connectivity index (χ4n) is 2.74. The number of thiophene rings is 1. The molecular weight excluding hydrogens is 286 g/mol. The summed E-state index contributed by atoms with van der Waals surface area (Å²) in [5.41, 5.74) is 5.99. The van der Waals surface area contributed by atoms with Gasteiger partial charge in [-0.05, 0) is 32.3 Å². The molecule has 3 heterocycles. The van der Waals surface area contributed by atoms with Crippen molar-refractivity contribution >= 4 is 33.0 Å². The van der Waals surface area contributed by atoms with E-state index in [-0.39, 0.29) is 5.91 Å². The number of carbonyl (C=O) groups is 1. The van der Waals surface area contributed by atoms with Crippen molar-refractivity contribution in [2.75, 3.05) is 18.8 Å². The van der Waals surface area contributed by atoms with Gasteiger partial charge in [0.2, 0.25) is 0 Å². The summed E-state index contributed by atoms with van der Waals surface area (Å²) in [6.07, 6.45) is 5.56. The molecule has 0 saturated carbocycles. The van der Waals surface area contributed by atoms with Crippen molar-refractivity contribution < 1.29 is 9.90 Å². The third-order valence-electron chi connectivity index (χ3n) is 4.08. The number of nitrogens with zero attached hydrogens (tertiary/aromatic N) is 2. The molecule has 1 fully saturated rings. The second-order valence-electron chi connectivity index (χ2n) is 5.86. The van der Waals surface area contributed by atoms with Crippen molar-refractivity contribution in [2.24, 2.45) is 0 Å². The number of carbonyl (C=O) groups excluding carboxylic acids is 1. The van der Waals surface area contributed by atoms with Crippen LogP contribution in [0.4, 0.5) is 5.69 Å². The Morgan fingerprint density at radius 2 is 2.29 bits per heavy atom. The van der Waals surface area contributed by atoms with Crippen LogP contribution in [0.2, 0.25) is 0 Å². The molecule has 0 spiro atoms. The second kappa shape index (κ2) is 5.27. The largest absolute Gasteiger partial charge is 0.397 e. The highest BCUT2D eigenvalue weighted by Gasteiger charge is 2.29. The minimum absolute atomic E-state index is 0.0357. The van der Waals surface area contributed by atoms with Crippen LogP contribution in [0.3, 0.4) is 0 Å². The molecule has 3 rings (SSSR count). The normalized spacial score (nSPS) is 23.2. The summed E-state index contributed by atoms with van der Waals surface area (Å²) < 4.78 is 0.931. The summed E-state index contributed by atoms with van der Waals surface area (Å²) in [4.78, 5) is 19.2. The Morgan fingerprint density at radius 3 is 3.05 bits per heavy atom. The van der Waals surface area contributed by atoms with Crippen LogP contribution in [0, 0.1) is 0 Å². The van der Waals surface area contributed by atoms with Crippen molar-refractivity contribution in [3.8, 4) is 0 Å². The van der Waals surface area contributed by atoms with Crippen molar-refractivity contribution in [3.05, 3.63) is 23.3 Å². The minimum atomic E-state index is -0.676. The van der Waals surface area contributed by atoms with Crippen LogP contribution in [0.25, 0.3) is 10.1 Å². The number of hydrogen-bond acceptors (Lipinski definition) is 5. The molecule has 1 aliphatic rings. The molecule has 112 valence electrons. The lowest BCUT2D eigenvalue weighted by atomic mass is 9.98. The molecule has 1 amide bonds. The van der Waals surface area contributed by atoms with E-state index in [4.69, 9.17) is 5.73 Å². The Hall–Kier alpha value is -1.66. The summed E-state index contributed by atoms with van der Waals surface area (Å²) in [6.45, 7) is 3.07. The predicted molar refractivity (Wildman–Crippen MR) is 84.4 cm³/mol. The van der Waals surface area contributed by atoms with E-state index in [1.165, 1.54) is 11.3 Å². The number of nitrogen functional groups attached to an aromatic ring is 1. The van der Waals surface area contributed by atoms with E-state index in [1.807, 2.05) is 13.0 Å². The molecule has 2 aromatic heterocycles. The summed E-state index contributed by atoms with van der Waals surface area (Å²) in [5.74, 6) is -0.0357. The van der Waals surface area contributed by atoms with Crippen LogP contribution >= 0.6 is 11.3 Å². The first-order chi connectivity index (χ1) is 9.98. The molecule has 3 N–H and O–H groups in total. The molecule has 0 aromatic carbocycles. The third kappa shape index (κ3) is 2.73. The van der Waals surface area contributed by atoms with Gasteiger partial charge in [0, 0.05) is 30.9 Å². The van der Waals surface area contributed by atoms with E-state index in [1.54, 1.807) is 17.3 Å². The minimum Gasteiger partial charge on any atom is -0.397 e. The number of rotatable bonds is 1. The van der Waals surface area contributed by atoms with Crippen LogP contribution in [0.5, 0.6) is 0 Å². The van der Waals surface area contributed by atoms with E-state index in [0.29, 0.717) is 30.1 Å². The lowest BCUT2D eigenvalue weighted by molar-refractivity contribution is 0.0438. The van der Waals surface area contributed by atoms with Gasteiger partial charge in [0.1, 0.15) is 4.88 Å². The lowest BCUT2D eigenvalue weighted by Crippen LogP contribution is -2.33. The number of nitrogens with two attached hydrogens (primary N) is 1. The summed E-state index contributed by atoms with van der Waals surface area (Å²) in [5, 5.41) is 11.0. The van der Waals surface area contributed by atoms with Crippen LogP contribution in [-0.2, 0) is 0 Å². The summed E-state index contributed by atoms with van der Waals surface area (Å²) in [6, 6.07) is 1.84. The zero-order chi connectivity index (χ0) is 15.0. The second-order valence-corrected chi connectivity index (χ2v) is 6.91. The van der Waals surface area contributed by atoms with Crippen molar-refractivity contribution in [1.82, 2.24) is 9.88 Å². The molecule has 1 unspecified atom stereocenters. The smallest absolute Gasteiger partial charge is 0.266 e. The maximum Gasteiger partial charge on any atom is 0.266 e. The monoisotopic (exact) mass is 305 g/mol. The first-order valence-electron chi connectivity index (χ1n) is 7.11. The predicted octanol–water partition coefficient (Wildman–Crippen LogP) is 2.26. The van der Waals surface area contributed by atoms with E-state index < -0.39 is 5.60 Å². The van der Waals surface area contributed by atoms with Gasteiger partial charge in [0.15, 0.2) is 0 Å². The zero-order valence-corrected chi connectivity index (χ0v) is 12.8. The van der Waals surface area contributed by atoms with Crippen molar-refractivity contribution in [1.29, 1.82) is 0 Å². The number of likely N-dealkylation sites (tertiary alicyclic amines) is 1. The molecule has 0 aliphatic carbocycles. The Kier molecular flexibility index (Phi) is 3.59. The zero-order valence-electron chi connectivity index (χ0n) is 12.0. The first kappa shape index (κ1) is 14.3. The maximum absolute atomic E-state index is 12.7. The van der Waals surface area contributed by atoms with Gasteiger partial charge in [0.25, 0.3) is 5.91 Å². The number of amides is 1. The number of pyridine rings is 1. The average molecular weight is 305 g/mol. The fourth-order valence-corrected chi connectivity index (χ4v) is 3.80. The van der Waals surface area contributed by atoms with E-state index in [9.17, 15) is 9.90 Å². The van der Waals surface area contributed by atoms with Crippen LogP contribution in [-0.4, -0.2) is 39.6 Å². The Bertz CT molecular complexity index is 681. The Balaban J connectivity index is 1.88. The molecule has 1 atom stereocenters. The Morgan fingerprint density at radius 1 is 1.48 bits per heavy atom.